The maximum absolute atomic E-state index is 11.8. The van der Waals surface area contributed by atoms with Crippen LogP contribution in [0.4, 0.5) is 0 Å². The minimum Gasteiger partial charge on any atom is -0.478 e. The number of carbonyl (C=O) groups is 2. The van der Waals surface area contributed by atoms with Crippen molar-refractivity contribution in [2.24, 2.45) is 0 Å². The number of H-pyrrole nitrogens is 1. The predicted molar refractivity (Wildman–Crippen MR) is 69.9 cm³/mol. The Morgan fingerprint density at radius 2 is 2.05 bits per heavy atom. The summed E-state index contributed by atoms with van der Waals surface area (Å²) in [5, 5.41) is 11.3. The lowest BCUT2D eigenvalue weighted by Gasteiger charge is -2.09. The van der Waals surface area contributed by atoms with Gasteiger partial charge < -0.3 is 15.4 Å². The van der Waals surface area contributed by atoms with Gasteiger partial charge in [0.2, 0.25) is 5.91 Å². The molecule has 0 aliphatic rings. The lowest BCUT2D eigenvalue weighted by Crippen LogP contribution is -2.39. The van der Waals surface area contributed by atoms with Crippen LogP contribution in [-0.4, -0.2) is 33.6 Å². The molecule has 0 unspecified atom stereocenters. The summed E-state index contributed by atoms with van der Waals surface area (Å²) >= 11 is 0. The first-order chi connectivity index (χ1) is 9.43. The highest BCUT2D eigenvalue weighted by Crippen LogP contribution is 2.11. The number of likely N-dealkylation sites (N-methyl/N-ethyl adjacent to an activating group) is 1. The molecule has 2 rings (SSSR count). The third-order valence-corrected chi connectivity index (χ3v) is 2.80. The van der Waals surface area contributed by atoms with E-state index in [1.807, 2.05) is 0 Å². The largest absolute Gasteiger partial charge is 0.478 e. The fourth-order valence-electron chi connectivity index (χ4n) is 1.78. The summed E-state index contributed by atoms with van der Waals surface area (Å²) in [4.78, 5) is 48.0. The fraction of sp³-hybridized carbons (Fsp3) is 0.167. The number of benzene rings is 1. The lowest BCUT2D eigenvalue weighted by atomic mass is 10.2. The van der Waals surface area contributed by atoms with Crippen molar-refractivity contribution in [3.8, 4) is 0 Å². The van der Waals surface area contributed by atoms with Crippen LogP contribution in [0, 0.1) is 0 Å². The molecule has 0 atom stereocenters. The van der Waals surface area contributed by atoms with E-state index >= 15 is 0 Å². The van der Waals surface area contributed by atoms with Gasteiger partial charge in [0.25, 0.3) is 0 Å². The van der Waals surface area contributed by atoms with E-state index in [1.165, 1.54) is 25.2 Å². The number of carbonyl (C=O) groups excluding carboxylic acids is 1. The average Bonchev–Trinajstić information content (AvgIpc) is 2.43. The Morgan fingerprint density at radius 3 is 2.65 bits per heavy atom. The van der Waals surface area contributed by atoms with Crippen LogP contribution in [0.15, 0.2) is 27.8 Å². The summed E-state index contributed by atoms with van der Waals surface area (Å²) in [6.45, 7) is -0.362. The van der Waals surface area contributed by atoms with Gasteiger partial charge in [0.05, 0.1) is 16.6 Å². The molecule has 0 spiro atoms. The van der Waals surface area contributed by atoms with Crippen LogP contribution in [0.25, 0.3) is 11.0 Å². The lowest BCUT2D eigenvalue weighted by molar-refractivity contribution is -0.121. The van der Waals surface area contributed by atoms with Crippen LogP contribution in [0.5, 0.6) is 0 Å². The number of aromatic amines is 1. The van der Waals surface area contributed by atoms with Gasteiger partial charge in [-0.2, -0.15) is 0 Å². The molecular formula is C12H11N3O5. The van der Waals surface area contributed by atoms with Gasteiger partial charge in [0, 0.05) is 7.05 Å². The topological polar surface area (TPSA) is 121 Å². The summed E-state index contributed by atoms with van der Waals surface area (Å²) < 4.78 is 0.944. The van der Waals surface area contributed by atoms with E-state index in [1.54, 1.807) is 0 Å². The molecule has 1 amide bonds. The number of carboxylic acids is 1. The number of amides is 1. The number of hydrogen-bond acceptors (Lipinski definition) is 4. The molecule has 0 saturated carbocycles. The highest BCUT2D eigenvalue weighted by atomic mass is 16.4. The molecule has 1 heterocycles. The summed E-state index contributed by atoms with van der Waals surface area (Å²) in [5.41, 5.74) is -1.37. The Balaban J connectivity index is 2.79. The number of carboxylic acid groups (broad SMARTS) is 1. The Kier molecular flexibility index (Phi) is 3.38. The third kappa shape index (κ3) is 2.30. The molecule has 0 aliphatic heterocycles. The maximum Gasteiger partial charge on any atom is 0.335 e. The number of hydrogen-bond donors (Lipinski definition) is 3. The number of fused-ring (bicyclic) bond motifs is 1. The van der Waals surface area contributed by atoms with Crippen molar-refractivity contribution >= 4 is 22.9 Å². The predicted octanol–water partition coefficient (Wildman–Crippen LogP) is -0.866. The van der Waals surface area contributed by atoms with Gasteiger partial charge in [-0.15, -0.1) is 0 Å². The molecule has 1 aromatic carbocycles. The Labute approximate surface area is 111 Å². The number of nitrogens with zero attached hydrogens (tertiary/aromatic N) is 1. The zero-order valence-corrected chi connectivity index (χ0v) is 10.5. The first-order valence-electron chi connectivity index (χ1n) is 5.65. The summed E-state index contributed by atoms with van der Waals surface area (Å²) in [7, 11) is 1.39. The van der Waals surface area contributed by atoms with Crippen LogP contribution < -0.4 is 16.4 Å². The van der Waals surface area contributed by atoms with Crippen LogP contribution in [0.2, 0.25) is 0 Å². The van der Waals surface area contributed by atoms with Gasteiger partial charge in [0.1, 0.15) is 6.54 Å². The SMILES string of the molecule is CNC(=O)Cn1c(=O)c(=O)[nH]c2ccc(C(=O)O)cc21. The van der Waals surface area contributed by atoms with Crippen molar-refractivity contribution in [1.82, 2.24) is 14.9 Å². The summed E-state index contributed by atoms with van der Waals surface area (Å²) in [6, 6.07) is 3.91. The van der Waals surface area contributed by atoms with Crippen molar-refractivity contribution in [3.05, 3.63) is 44.5 Å². The number of aromatic carboxylic acids is 1. The van der Waals surface area contributed by atoms with Gasteiger partial charge in [-0.1, -0.05) is 0 Å². The zero-order chi connectivity index (χ0) is 14.9. The second kappa shape index (κ2) is 5.00. The van der Waals surface area contributed by atoms with Gasteiger partial charge >= 0.3 is 17.1 Å². The van der Waals surface area contributed by atoms with Gasteiger partial charge in [-0.3, -0.25) is 19.0 Å². The molecule has 2 aromatic rings. The van der Waals surface area contributed by atoms with Crippen LogP contribution in [0.1, 0.15) is 10.4 Å². The van der Waals surface area contributed by atoms with E-state index in [4.69, 9.17) is 5.11 Å². The molecular weight excluding hydrogens is 266 g/mol. The molecule has 1 aromatic heterocycles. The van der Waals surface area contributed by atoms with Crippen molar-refractivity contribution in [1.29, 1.82) is 0 Å². The van der Waals surface area contributed by atoms with Crippen molar-refractivity contribution in [2.45, 2.75) is 6.54 Å². The van der Waals surface area contributed by atoms with Crippen LogP contribution >= 0.6 is 0 Å². The molecule has 0 bridgehead atoms. The Bertz CT molecular complexity index is 818. The number of rotatable bonds is 3. The smallest absolute Gasteiger partial charge is 0.335 e. The molecule has 3 N–H and O–H groups in total. The molecule has 0 fully saturated rings. The van der Waals surface area contributed by atoms with E-state index in [2.05, 4.69) is 10.3 Å². The highest BCUT2D eigenvalue weighted by Gasteiger charge is 2.12. The van der Waals surface area contributed by atoms with Crippen molar-refractivity contribution in [2.75, 3.05) is 7.05 Å². The maximum atomic E-state index is 11.8. The number of nitrogens with one attached hydrogen (secondary N) is 2. The molecule has 104 valence electrons. The fourth-order valence-corrected chi connectivity index (χ4v) is 1.78. The second-order valence-corrected chi connectivity index (χ2v) is 4.06. The van der Waals surface area contributed by atoms with E-state index in [9.17, 15) is 19.2 Å². The molecule has 0 aliphatic carbocycles. The van der Waals surface area contributed by atoms with Crippen LogP contribution in [0.3, 0.4) is 0 Å². The minimum absolute atomic E-state index is 0.0467. The standard InChI is InChI=1S/C12H11N3O5/c1-13-9(16)5-15-8-4-6(12(19)20)2-3-7(8)14-10(17)11(15)18/h2-4H,5H2,1H3,(H,13,16)(H,14,17)(H,19,20). The van der Waals surface area contributed by atoms with Crippen molar-refractivity contribution < 1.29 is 14.7 Å². The van der Waals surface area contributed by atoms with E-state index in [-0.39, 0.29) is 23.1 Å². The van der Waals surface area contributed by atoms with Gasteiger partial charge in [0.15, 0.2) is 0 Å². The summed E-state index contributed by atoms with van der Waals surface area (Å²) in [5.74, 6) is -1.64. The highest BCUT2D eigenvalue weighted by molar-refractivity contribution is 5.92. The number of aromatic nitrogens is 2. The van der Waals surface area contributed by atoms with Gasteiger partial charge in [-0.05, 0) is 18.2 Å². The Morgan fingerprint density at radius 1 is 1.35 bits per heavy atom. The normalized spacial score (nSPS) is 10.4. The quantitative estimate of drug-likeness (QED) is 0.630. The van der Waals surface area contributed by atoms with E-state index < -0.39 is 23.0 Å². The van der Waals surface area contributed by atoms with Crippen LogP contribution in [-0.2, 0) is 11.3 Å². The summed E-state index contributed by atoms with van der Waals surface area (Å²) in [6.07, 6.45) is 0. The first-order valence-corrected chi connectivity index (χ1v) is 5.65. The molecule has 20 heavy (non-hydrogen) atoms. The molecule has 8 heteroatoms. The Hall–Kier alpha value is -2.90. The zero-order valence-electron chi connectivity index (χ0n) is 10.5. The first kappa shape index (κ1) is 13.5. The monoisotopic (exact) mass is 277 g/mol. The van der Waals surface area contributed by atoms with Gasteiger partial charge in [-0.25, -0.2) is 4.79 Å². The molecule has 8 nitrogen and oxygen atoms in total. The second-order valence-electron chi connectivity index (χ2n) is 4.06. The molecule has 0 radical (unpaired) electrons. The van der Waals surface area contributed by atoms with E-state index in [0.717, 1.165) is 4.57 Å². The minimum atomic E-state index is -1.17. The molecule has 0 saturated heterocycles. The third-order valence-electron chi connectivity index (χ3n) is 2.80. The van der Waals surface area contributed by atoms with Crippen molar-refractivity contribution in [3.63, 3.8) is 0 Å². The van der Waals surface area contributed by atoms with E-state index in [0.29, 0.717) is 0 Å². The average molecular weight is 277 g/mol.